The lowest BCUT2D eigenvalue weighted by Crippen LogP contribution is -2.33. The topological polar surface area (TPSA) is 26.3 Å². The Labute approximate surface area is 79.1 Å². The van der Waals surface area contributed by atoms with E-state index in [1.807, 2.05) is 13.8 Å². The minimum atomic E-state index is 0.182. The lowest BCUT2D eigenvalue weighted by Gasteiger charge is -2.30. The Morgan fingerprint density at radius 3 is 2.33 bits per heavy atom. The molecule has 1 heterocycles. The first kappa shape index (κ1) is 10.1. The maximum absolute atomic E-state index is 11.3. The predicted molar refractivity (Wildman–Crippen MR) is 51.6 cm³/mol. The van der Waals surface area contributed by atoms with Crippen LogP contribution in [-0.4, -0.2) is 23.7 Å². The van der Waals surface area contributed by atoms with Gasteiger partial charge >= 0.3 is 0 Å². The van der Waals surface area contributed by atoms with Gasteiger partial charge in [-0.05, 0) is 26.7 Å². The highest BCUT2D eigenvalue weighted by molar-refractivity contribution is 7.81. The average Bonchev–Trinajstić information content (AvgIpc) is 2.01. The molecule has 1 fully saturated rings. The summed E-state index contributed by atoms with van der Waals surface area (Å²) in [6, 6.07) is 0. The molecule has 0 amide bonds. The molecular weight excluding hydrogens is 172 g/mol. The van der Waals surface area contributed by atoms with Crippen LogP contribution >= 0.6 is 12.6 Å². The van der Waals surface area contributed by atoms with Crippen LogP contribution in [0.4, 0.5) is 0 Å². The number of ether oxygens (including phenoxy) is 1. The molecule has 1 saturated heterocycles. The summed E-state index contributed by atoms with van der Waals surface area (Å²) in [4.78, 5) is 11.3. The number of Topliss-reactive ketones (excluding diaryl/α,β-unsaturated/α-hetero) is 1. The molecule has 1 rings (SSSR count). The predicted octanol–water partition coefficient (Wildman–Crippen LogP) is 1.69. The standard InChI is InChI=1S/C9H16O2S/c1-6-3-8(9(10)5-12)4-7(2)11-6/h6-8,12H,3-5H2,1-2H3/t6-,7+,8?. The fourth-order valence-corrected chi connectivity index (χ4v) is 2.06. The lowest BCUT2D eigenvalue weighted by atomic mass is 9.90. The van der Waals surface area contributed by atoms with Crippen molar-refractivity contribution >= 4 is 18.4 Å². The second-order valence-electron chi connectivity index (χ2n) is 3.55. The Bertz CT molecular complexity index is 160. The van der Waals surface area contributed by atoms with E-state index in [0.717, 1.165) is 12.8 Å². The van der Waals surface area contributed by atoms with Crippen LogP contribution in [0.5, 0.6) is 0 Å². The van der Waals surface area contributed by atoms with Crippen LogP contribution in [0.25, 0.3) is 0 Å². The number of thiol groups is 1. The largest absolute Gasteiger partial charge is 0.376 e. The summed E-state index contributed by atoms with van der Waals surface area (Å²) in [5.41, 5.74) is 0. The quantitative estimate of drug-likeness (QED) is 0.667. The van der Waals surface area contributed by atoms with Gasteiger partial charge in [0.15, 0.2) is 0 Å². The van der Waals surface area contributed by atoms with Gasteiger partial charge in [-0.25, -0.2) is 0 Å². The highest BCUT2D eigenvalue weighted by Crippen LogP contribution is 2.25. The molecule has 12 heavy (non-hydrogen) atoms. The fourth-order valence-electron chi connectivity index (χ4n) is 1.80. The van der Waals surface area contributed by atoms with Gasteiger partial charge in [0, 0.05) is 11.7 Å². The van der Waals surface area contributed by atoms with Crippen molar-refractivity contribution in [3.8, 4) is 0 Å². The lowest BCUT2D eigenvalue weighted by molar-refractivity contribution is -0.128. The minimum absolute atomic E-state index is 0.182. The third-order valence-electron chi connectivity index (χ3n) is 2.31. The van der Waals surface area contributed by atoms with Gasteiger partial charge in [0.2, 0.25) is 0 Å². The smallest absolute Gasteiger partial charge is 0.145 e. The molecule has 1 aliphatic heterocycles. The molecule has 0 spiro atoms. The summed E-state index contributed by atoms with van der Waals surface area (Å²) in [7, 11) is 0. The monoisotopic (exact) mass is 188 g/mol. The van der Waals surface area contributed by atoms with E-state index in [0.29, 0.717) is 5.75 Å². The highest BCUT2D eigenvalue weighted by atomic mass is 32.1. The van der Waals surface area contributed by atoms with Crippen molar-refractivity contribution in [3.05, 3.63) is 0 Å². The molecule has 1 unspecified atom stereocenters. The summed E-state index contributed by atoms with van der Waals surface area (Å²) in [5, 5.41) is 0. The Balaban J connectivity index is 2.49. The van der Waals surface area contributed by atoms with Gasteiger partial charge in [0.1, 0.15) is 5.78 Å². The average molecular weight is 188 g/mol. The SMILES string of the molecule is C[C@@H]1CC(C(=O)CS)C[C@H](C)O1. The molecule has 0 radical (unpaired) electrons. The normalized spacial score (nSPS) is 36.4. The minimum Gasteiger partial charge on any atom is -0.376 e. The van der Waals surface area contributed by atoms with Gasteiger partial charge in [0.05, 0.1) is 12.2 Å². The number of carbonyl (C=O) groups is 1. The van der Waals surface area contributed by atoms with Crippen molar-refractivity contribution in [3.63, 3.8) is 0 Å². The van der Waals surface area contributed by atoms with E-state index in [4.69, 9.17) is 4.74 Å². The molecule has 0 aliphatic carbocycles. The Morgan fingerprint density at radius 1 is 1.42 bits per heavy atom. The third-order valence-corrected chi connectivity index (χ3v) is 2.62. The molecule has 0 N–H and O–H groups in total. The number of ketones is 1. The van der Waals surface area contributed by atoms with Crippen LogP contribution in [0.1, 0.15) is 26.7 Å². The van der Waals surface area contributed by atoms with Crippen molar-refractivity contribution in [2.45, 2.75) is 38.9 Å². The third kappa shape index (κ3) is 2.49. The van der Waals surface area contributed by atoms with Gasteiger partial charge in [-0.1, -0.05) is 0 Å². The van der Waals surface area contributed by atoms with Crippen molar-refractivity contribution in [2.75, 3.05) is 5.75 Å². The molecule has 0 aromatic heterocycles. The fraction of sp³-hybridized carbons (Fsp3) is 0.889. The molecule has 2 nitrogen and oxygen atoms in total. The number of carbonyl (C=O) groups excluding carboxylic acids is 1. The second-order valence-corrected chi connectivity index (χ2v) is 3.87. The zero-order valence-corrected chi connectivity index (χ0v) is 8.51. The van der Waals surface area contributed by atoms with Gasteiger partial charge in [0.25, 0.3) is 0 Å². The maximum atomic E-state index is 11.3. The molecule has 3 atom stereocenters. The Hall–Kier alpha value is -0.0200. The van der Waals surface area contributed by atoms with E-state index in [2.05, 4.69) is 12.6 Å². The summed E-state index contributed by atoms with van der Waals surface area (Å²) in [5.74, 6) is 0.811. The van der Waals surface area contributed by atoms with Gasteiger partial charge in [-0.3, -0.25) is 4.79 Å². The summed E-state index contributed by atoms with van der Waals surface area (Å²) in [6.07, 6.45) is 2.18. The first-order chi connectivity index (χ1) is 5.63. The molecule has 0 aromatic rings. The van der Waals surface area contributed by atoms with Crippen LogP contribution in [-0.2, 0) is 9.53 Å². The molecular formula is C9H16O2S. The van der Waals surface area contributed by atoms with Crippen molar-refractivity contribution < 1.29 is 9.53 Å². The van der Waals surface area contributed by atoms with Crippen molar-refractivity contribution in [1.82, 2.24) is 0 Å². The van der Waals surface area contributed by atoms with Crippen LogP contribution < -0.4 is 0 Å². The first-order valence-electron chi connectivity index (χ1n) is 4.42. The molecule has 0 aromatic carbocycles. The van der Waals surface area contributed by atoms with E-state index < -0.39 is 0 Å². The first-order valence-corrected chi connectivity index (χ1v) is 5.05. The van der Waals surface area contributed by atoms with E-state index in [1.54, 1.807) is 0 Å². The van der Waals surface area contributed by atoms with E-state index in [1.165, 1.54) is 0 Å². The van der Waals surface area contributed by atoms with Crippen molar-refractivity contribution in [1.29, 1.82) is 0 Å². The number of hydrogen-bond donors (Lipinski definition) is 1. The Morgan fingerprint density at radius 2 is 1.92 bits per heavy atom. The molecule has 0 bridgehead atoms. The van der Waals surface area contributed by atoms with Gasteiger partial charge in [-0.15, -0.1) is 0 Å². The second kappa shape index (κ2) is 4.28. The summed E-state index contributed by atoms with van der Waals surface area (Å²) >= 11 is 3.99. The van der Waals surface area contributed by atoms with Crippen LogP contribution in [0, 0.1) is 5.92 Å². The summed E-state index contributed by atoms with van der Waals surface area (Å²) in [6.45, 7) is 4.04. The van der Waals surface area contributed by atoms with Crippen molar-refractivity contribution in [2.24, 2.45) is 5.92 Å². The van der Waals surface area contributed by atoms with E-state index >= 15 is 0 Å². The van der Waals surface area contributed by atoms with E-state index in [-0.39, 0.29) is 23.9 Å². The van der Waals surface area contributed by atoms with Gasteiger partial charge < -0.3 is 4.74 Å². The highest BCUT2D eigenvalue weighted by Gasteiger charge is 2.28. The maximum Gasteiger partial charge on any atom is 0.145 e. The van der Waals surface area contributed by atoms with Crippen LogP contribution in [0.15, 0.2) is 0 Å². The number of rotatable bonds is 2. The zero-order valence-electron chi connectivity index (χ0n) is 7.62. The van der Waals surface area contributed by atoms with Gasteiger partial charge in [-0.2, -0.15) is 12.6 Å². The molecule has 3 heteroatoms. The Kier molecular flexibility index (Phi) is 3.59. The van der Waals surface area contributed by atoms with Crippen LogP contribution in [0.3, 0.4) is 0 Å². The van der Waals surface area contributed by atoms with Crippen LogP contribution in [0.2, 0.25) is 0 Å². The molecule has 0 saturated carbocycles. The molecule has 1 aliphatic rings. The summed E-state index contributed by atoms with van der Waals surface area (Å²) < 4.78 is 5.53. The van der Waals surface area contributed by atoms with E-state index in [9.17, 15) is 4.79 Å². The molecule has 70 valence electrons. The zero-order chi connectivity index (χ0) is 9.14. The number of hydrogen-bond acceptors (Lipinski definition) is 3.